The van der Waals surface area contributed by atoms with Crippen LogP contribution in [-0.2, 0) is 4.74 Å². The predicted molar refractivity (Wildman–Crippen MR) is 132 cm³/mol. The minimum absolute atomic E-state index is 0.131. The van der Waals surface area contributed by atoms with Crippen molar-refractivity contribution in [2.45, 2.75) is 6.10 Å². The first kappa shape index (κ1) is 22.7. The topological polar surface area (TPSA) is 60.9 Å². The Morgan fingerprint density at radius 1 is 1.09 bits per heavy atom. The van der Waals surface area contributed by atoms with E-state index in [4.69, 9.17) is 16.3 Å². The number of amides is 1. The molecule has 0 aliphatic carbocycles. The van der Waals surface area contributed by atoms with E-state index in [1.807, 2.05) is 36.4 Å². The van der Waals surface area contributed by atoms with Crippen molar-refractivity contribution in [3.05, 3.63) is 65.6 Å². The van der Waals surface area contributed by atoms with Gasteiger partial charge in [0.15, 0.2) is 0 Å². The molecule has 2 aromatic carbocycles. The number of fused-ring (bicyclic) bond motifs is 1. The van der Waals surface area contributed by atoms with Crippen molar-refractivity contribution in [1.82, 2.24) is 14.8 Å². The summed E-state index contributed by atoms with van der Waals surface area (Å²) in [5.41, 5.74) is 2.83. The fourth-order valence-electron chi connectivity index (χ4n) is 4.58. The van der Waals surface area contributed by atoms with Gasteiger partial charge >= 0.3 is 6.09 Å². The zero-order valence-corrected chi connectivity index (χ0v) is 19.5. The van der Waals surface area contributed by atoms with E-state index in [9.17, 15) is 9.18 Å². The Labute approximate surface area is 203 Å². The second-order valence-corrected chi connectivity index (χ2v) is 9.10. The van der Waals surface area contributed by atoms with E-state index < -0.39 is 0 Å². The third kappa shape index (κ3) is 5.18. The first-order valence-corrected chi connectivity index (χ1v) is 11.9. The number of benzene rings is 2. The molecule has 7 nitrogen and oxygen atoms in total. The largest absolute Gasteiger partial charge is 0.443 e. The summed E-state index contributed by atoms with van der Waals surface area (Å²) < 4.78 is 18.8. The second kappa shape index (κ2) is 10.0. The highest BCUT2D eigenvalue weighted by Gasteiger charge is 2.32. The van der Waals surface area contributed by atoms with Crippen LogP contribution in [0.15, 0.2) is 54.7 Å². The normalized spacial score (nSPS) is 19.0. The first-order valence-electron chi connectivity index (χ1n) is 11.5. The molecule has 1 amide bonds. The number of aromatic nitrogens is 1. The second-order valence-electron chi connectivity index (χ2n) is 8.66. The van der Waals surface area contributed by atoms with Crippen LogP contribution in [0.25, 0.3) is 10.9 Å². The molecule has 1 aromatic heterocycles. The molecule has 0 saturated carbocycles. The number of anilines is 2. The third-order valence-electron chi connectivity index (χ3n) is 6.38. The number of nitrogens with zero attached hydrogens (tertiary/aromatic N) is 4. The predicted octanol–water partition coefficient (Wildman–Crippen LogP) is 4.08. The quantitative estimate of drug-likeness (QED) is 0.546. The van der Waals surface area contributed by atoms with Gasteiger partial charge in [0, 0.05) is 73.8 Å². The standard InChI is InChI=1S/C25H27ClFN5O2/c26-18-1-6-22-23(7-8-28-24(22)15-18)29-9-10-32-17-21(34-25(32)33)16-30-11-13-31(14-12-30)20-4-2-19(27)3-5-20/h1-8,15,21H,9-14,16-17H2,(H,28,29). The number of hydrogen-bond acceptors (Lipinski definition) is 6. The molecule has 0 bridgehead atoms. The number of hydrogen-bond donors (Lipinski definition) is 1. The Kier molecular flexibility index (Phi) is 6.69. The third-order valence-corrected chi connectivity index (χ3v) is 6.61. The number of pyridine rings is 1. The summed E-state index contributed by atoms with van der Waals surface area (Å²) >= 11 is 6.06. The van der Waals surface area contributed by atoms with Gasteiger partial charge in [-0.05, 0) is 48.5 Å². The molecule has 1 N–H and O–H groups in total. The van der Waals surface area contributed by atoms with Gasteiger partial charge in [0.05, 0.1) is 12.1 Å². The van der Waals surface area contributed by atoms with Gasteiger partial charge in [-0.15, -0.1) is 0 Å². The summed E-state index contributed by atoms with van der Waals surface area (Å²) in [5, 5.41) is 5.05. The van der Waals surface area contributed by atoms with Crippen LogP contribution in [0.1, 0.15) is 0 Å². The number of piperazine rings is 1. The van der Waals surface area contributed by atoms with Crippen LogP contribution < -0.4 is 10.2 Å². The smallest absolute Gasteiger partial charge is 0.410 e. The minimum Gasteiger partial charge on any atom is -0.443 e. The first-order chi connectivity index (χ1) is 16.5. The van der Waals surface area contributed by atoms with Gasteiger partial charge < -0.3 is 19.9 Å². The molecule has 2 fully saturated rings. The average molecular weight is 484 g/mol. The number of halogens is 2. The average Bonchev–Trinajstić information content (AvgIpc) is 3.18. The molecule has 178 valence electrons. The lowest BCUT2D eigenvalue weighted by molar-refractivity contribution is 0.104. The summed E-state index contributed by atoms with van der Waals surface area (Å²) in [5.74, 6) is -0.218. The van der Waals surface area contributed by atoms with Crippen LogP contribution in [0.2, 0.25) is 5.02 Å². The zero-order valence-electron chi connectivity index (χ0n) is 18.8. The van der Waals surface area contributed by atoms with Crippen LogP contribution >= 0.6 is 11.6 Å². The maximum absolute atomic E-state index is 13.2. The SMILES string of the molecule is O=C1OC(CN2CCN(c3ccc(F)cc3)CC2)CN1CCNc1ccnc2cc(Cl)ccc12. The van der Waals surface area contributed by atoms with Crippen molar-refractivity contribution in [3.8, 4) is 0 Å². The molecule has 3 heterocycles. The molecule has 0 radical (unpaired) electrons. The molecule has 9 heteroatoms. The Hall–Kier alpha value is -3.10. The van der Waals surface area contributed by atoms with Crippen molar-refractivity contribution >= 4 is 40.0 Å². The van der Waals surface area contributed by atoms with Crippen LogP contribution in [0.4, 0.5) is 20.6 Å². The van der Waals surface area contributed by atoms with E-state index in [-0.39, 0.29) is 18.0 Å². The van der Waals surface area contributed by atoms with Crippen molar-refractivity contribution in [2.75, 3.05) is 62.6 Å². The number of nitrogens with one attached hydrogen (secondary N) is 1. The molecule has 0 spiro atoms. The molecule has 34 heavy (non-hydrogen) atoms. The molecule has 3 aromatic rings. The lowest BCUT2D eigenvalue weighted by Gasteiger charge is -2.36. The lowest BCUT2D eigenvalue weighted by Crippen LogP contribution is -2.49. The number of cyclic esters (lactones) is 1. The molecule has 2 aliphatic rings. The Bertz CT molecular complexity index is 1150. The van der Waals surface area contributed by atoms with Gasteiger partial charge in [-0.3, -0.25) is 9.88 Å². The van der Waals surface area contributed by atoms with Gasteiger partial charge in [-0.2, -0.15) is 0 Å². The van der Waals surface area contributed by atoms with Crippen LogP contribution in [-0.4, -0.2) is 79.3 Å². The molecule has 1 atom stereocenters. The summed E-state index contributed by atoms with van der Waals surface area (Å²) in [4.78, 5) is 23.1. The van der Waals surface area contributed by atoms with Gasteiger partial charge in [-0.25, -0.2) is 9.18 Å². The van der Waals surface area contributed by atoms with E-state index >= 15 is 0 Å². The number of ether oxygens (including phenoxy) is 1. The van der Waals surface area contributed by atoms with Crippen molar-refractivity contribution in [1.29, 1.82) is 0 Å². The molecule has 2 aliphatic heterocycles. The van der Waals surface area contributed by atoms with E-state index in [0.29, 0.717) is 24.7 Å². The summed E-state index contributed by atoms with van der Waals surface area (Å²) in [7, 11) is 0. The van der Waals surface area contributed by atoms with Gasteiger partial charge in [0.2, 0.25) is 0 Å². The fourth-order valence-corrected chi connectivity index (χ4v) is 4.75. The molecular weight excluding hydrogens is 457 g/mol. The summed E-state index contributed by atoms with van der Waals surface area (Å²) in [6, 6.07) is 14.2. The van der Waals surface area contributed by atoms with Crippen LogP contribution in [0, 0.1) is 5.82 Å². The maximum atomic E-state index is 13.2. The van der Waals surface area contributed by atoms with Crippen molar-refractivity contribution < 1.29 is 13.9 Å². The molecular formula is C25H27ClFN5O2. The Morgan fingerprint density at radius 3 is 2.68 bits per heavy atom. The highest BCUT2D eigenvalue weighted by Crippen LogP contribution is 2.24. The fraction of sp³-hybridized carbons (Fsp3) is 0.360. The number of rotatable bonds is 7. The Morgan fingerprint density at radius 2 is 1.88 bits per heavy atom. The summed E-state index contributed by atoms with van der Waals surface area (Å²) in [6.07, 6.45) is 1.36. The van der Waals surface area contributed by atoms with Gasteiger partial charge in [-0.1, -0.05) is 11.6 Å². The number of carbonyl (C=O) groups is 1. The van der Waals surface area contributed by atoms with Gasteiger partial charge in [0.25, 0.3) is 0 Å². The summed E-state index contributed by atoms with van der Waals surface area (Å²) in [6.45, 7) is 5.98. The molecule has 1 unspecified atom stereocenters. The highest BCUT2D eigenvalue weighted by molar-refractivity contribution is 6.31. The minimum atomic E-state index is -0.261. The van der Waals surface area contributed by atoms with E-state index in [1.165, 1.54) is 12.1 Å². The van der Waals surface area contributed by atoms with E-state index in [2.05, 4.69) is 20.1 Å². The van der Waals surface area contributed by atoms with Crippen LogP contribution in [0.3, 0.4) is 0 Å². The number of carbonyl (C=O) groups excluding carboxylic acids is 1. The molecule has 2 saturated heterocycles. The van der Waals surface area contributed by atoms with Crippen LogP contribution in [0.5, 0.6) is 0 Å². The van der Waals surface area contributed by atoms with Crippen molar-refractivity contribution in [3.63, 3.8) is 0 Å². The van der Waals surface area contributed by atoms with E-state index in [1.54, 1.807) is 11.1 Å². The highest BCUT2D eigenvalue weighted by atomic mass is 35.5. The van der Waals surface area contributed by atoms with Gasteiger partial charge in [0.1, 0.15) is 11.9 Å². The monoisotopic (exact) mass is 483 g/mol. The maximum Gasteiger partial charge on any atom is 0.410 e. The van der Waals surface area contributed by atoms with E-state index in [0.717, 1.165) is 55.0 Å². The molecule has 5 rings (SSSR count). The lowest BCUT2D eigenvalue weighted by atomic mass is 10.2. The van der Waals surface area contributed by atoms with Crippen molar-refractivity contribution in [2.24, 2.45) is 0 Å². The zero-order chi connectivity index (χ0) is 23.5. The Balaban J connectivity index is 1.08.